The largest absolute Gasteiger partial charge is 0.497 e. The highest BCUT2D eigenvalue weighted by Gasteiger charge is 2.49. The SMILES string of the molecule is COc1cc(NC(=O)NC2CCN3C(=O)N(c4cc(OC)cc(OC)c4)C(=O)C3C2)cc(OC)c1. The molecule has 2 N–H and O–H groups in total. The van der Waals surface area contributed by atoms with Crippen molar-refractivity contribution >= 4 is 29.3 Å². The number of hydrogen-bond donors (Lipinski definition) is 2. The number of benzene rings is 2. The minimum Gasteiger partial charge on any atom is -0.497 e. The van der Waals surface area contributed by atoms with Crippen LogP contribution in [0.4, 0.5) is 21.0 Å². The minimum atomic E-state index is -0.671. The van der Waals surface area contributed by atoms with Gasteiger partial charge in [-0.25, -0.2) is 14.5 Å². The highest BCUT2D eigenvalue weighted by molar-refractivity contribution is 6.21. The van der Waals surface area contributed by atoms with Crippen LogP contribution in [0.1, 0.15) is 12.8 Å². The molecule has 2 saturated heterocycles. The van der Waals surface area contributed by atoms with Crippen molar-refractivity contribution in [1.29, 1.82) is 0 Å². The Labute approximate surface area is 202 Å². The Hall–Kier alpha value is -4.15. The number of nitrogens with one attached hydrogen (secondary N) is 2. The summed E-state index contributed by atoms with van der Waals surface area (Å²) in [6.07, 6.45) is 0.816. The van der Waals surface area contributed by atoms with Gasteiger partial charge in [-0.3, -0.25) is 4.79 Å². The fraction of sp³-hybridized carbons (Fsp3) is 0.375. The van der Waals surface area contributed by atoms with E-state index in [9.17, 15) is 14.4 Å². The number of methoxy groups -OCH3 is 4. The molecule has 2 atom stereocenters. The van der Waals surface area contributed by atoms with Gasteiger partial charge < -0.3 is 34.5 Å². The third-order valence-corrected chi connectivity index (χ3v) is 6.08. The zero-order valence-corrected chi connectivity index (χ0v) is 20.0. The number of amides is 5. The number of rotatable bonds is 7. The van der Waals surface area contributed by atoms with Gasteiger partial charge in [0.05, 0.1) is 34.1 Å². The number of nitrogens with zero attached hydrogens (tertiary/aromatic N) is 2. The molecule has 0 saturated carbocycles. The number of imide groups is 1. The van der Waals surface area contributed by atoms with Gasteiger partial charge >= 0.3 is 12.1 Å². The lowest BCUT2D eigenvalue weighted by molar-refractivity contribution is -0.120. The second-order valence-electron chi connectivity index (χ2n) is 8.16. The Morgan fingerprint density at radius 3 is 1.94 bits per heavy atom. The van der Waals surface area contributed by atoms with Crippen molar-refractivity contribution in [2.45, 2.75) is 24.9 Å². The molecule has 11 nitrogen and oxygen atoms in total. The predicted octanol–water partition coefficient (Wildman–Crippen LogP) is 2.84. The van der Waals surface area contributed by atoms with Gasteiger partial charge in [-0.15, -0.1) is 0 Å². The third kappa shape index (κ3) is 4.88. The number of hydrogen-bond acceptors (Lipinski definition) is 7. The summed E-state index contributed by atoms with van der Waals surface area (Å²) >= 11 is 0. The molecule has 186 valence electrons. The Balaban J connectivity index is 1.44. The van der Waals surface area contributed by atoms with Gasteiger partial charge in [0.15, 0.2) is 0 Å². The van der Waals surface area contributed by atoms with E-state index in [0.29, 0.717) is 53.8 Å². The topological polar surface area (TPSA) is 119 Å². The number of carbonyl (C=O) groups excluding carboxylic acids is 3. The Morgan fingerprint density at radius 1 is 0.857 bits per heavy atom. The molecule has 0 spiro atoms. The maximum Gasteiger partial charge on any atom is 0.332 e. The van der Waals surface area contributed by atoms with Crippen molar-refractivity contribution in [3.05, 3.63) is 36.4 Å². The zero-order chi connectivity index (χ0) is 25.1. The molecule has 2 aliphatic heterocycles. The van der Waals surface area contributed by atoms with Gasteiger partial charge in [-0.05, 0) is 12.8 Å². The Kier molecular flexibility index (Phi) is 6.85. The molecular weight excluding hydrogens is 456 g/mol. The molecule has 0 aromatic heterocycles. The molecule has 2 aromatic carbocycles. The summed E-state index contributed by atoms with van der Waals surface area (Å²) in [6.45, 7) is 0.338. The van der Waals surface area contributed by atoms with Crippen molar-refractivity contribution in [3.63, 3.8) is 0 Å². The average molecular weight is 485 g/mol. The van der Waals surface area contributed by atoms with Crippen LogP contribution in [-0.2, 0) is 4.79 Å². The van der Waals surface area contributed by atoms with Crippen LogP contribution in [0.2, 0.25) is 0 Å². The minimum absolute atomic E-state index is 0.291. The molecule has 5 amide bonds. The number of piperidine rings is 1. The summed E-state index contributed by atoms with van der Waals surface area (Å²) in [5.74, 6) is 1.66. The summed E-state index contributed by atoms with van der Waals surface area (Å²) in [7, 11) is 6.05. The molecule has 2 aromatic rings. The normalized spacial score (nSPS) is 19.2. The average Bonchev–Trinajstić information content (AvgIpc) is 3.12. The van der Waals surface area contributed by atoms with Gasteiger partial charge in [0.1, 0.15) is 29.0 Å². The first kappa shape index (κ1) is 24.0. The standard InChI is InChI=1S/C24H28N4O7/c1-32-17-7-15(8-18(12-17)33-2)26-23(30)25-14-5-6-27-21(9-14)22(29)28(24(27)31)16-10-19(34-3)13-20(11-16)35-4/h7-8,10-14,21H,5-6,9H2,1-4H3,(H2,25,26,30). The summed E-state index contributed by atoms with van der Waals surface area (Å²) in [5, 5.41) is 5.67. The van der Waals surface area contributed by atoms with Gasteiger partial charge in [0.25, 0.3) is 5.91 Å². The molecule has 2 unspecified atom stereocenters. The van der Waals surface area contributed by atoms with Crippen LogP contribution in [0.5, 0.6) is 23.0 Å². The van der Waals surface area contributed by atoms with E-state index in [1.807, 2.05) is 0 Å². The molecule has 2 aliphatic rings. The number of anilines is 2. The van der Waals surface area contributed by atoms with Crippen molar-refractivity contribution in [3.8, 4) is 23.0 Å². The Morgan fingerprint density at radius 2 is 1.40 bits per heavy atom. The predicted molar refractivity (Wildman–Crippen MR) is 128 cm³/mol. The number of carbonyl (C=O) groups is 3. The van der Waals surface area contributed by atoms with Crippen LogP contribution in [0, 0.1) is 0 Å². The Bertz CT molecular complexity index is 1090. The molecule has 11 heteroatoms. The molecular formula is C24H28N4O7. The molecule has 0 radical (unpaired) electrons. The molecule has 0 aliphatic carbocycles. The van der Waals surface area contributed by atoms with E-state index >= 15 is 0 Å². The van der Waals surface area contributed by atoms with Crippen LogP contribution in [-0.4, -0.2) is 69.9 Å². The monoisotopic (exact) mass is 484 g/mol. The zero-order valence-electron chi connectivity index (χ0n) is 20.0. The van der Waals surface area contributed by atoms with Gasteiger partial charge in [-0.2, -0.15) is 0 Å². The van der Waals surface area contributed by atoms with Gasteiger partial charge in [0.2, 0.25) is 0 Å². The van der Waals surface area contributed by atoms with E-state index in [0.717, 1.165) is 4.90 Å². The molecule has 2 fully saturated rings. The summed E-state index contributed by atoms with van der Waals surface area (Å²) in [6, 6.07) is 8.14. The highest BCUT2D eigenvalue weighted by Crippen LogP contribution is 2.35. The van der Waals surface area contributed by atoms with E-state index < -0.39 is 18.1 Å². The van der Waals surface area contributed by atoms with Crippen LogP contribution in [0.15, 0.2) is 36.4 Å². The van der Waals surface area contributed by atoms with Crippen LogP contribution >= 0.6 is 0 Å². The summed E-state index contributed by atoms with van der Waals surface area (Å²) < 4.78 is 21.0. The number of urea groups is 2. The molecule has 4 rings (SSSR count). The fourth-order valence-corrected chi connectivity index (χ4v) is 4.32. The van der Waals surface area contributed by atoms with E-state index in [4.69, 9.17) is 18.9 Å². The third-order valence-electron chi connectivity index (χ3n) is 6.08. The molecule has 35 heavy (non-hydrogen) atoms. The quantitative estimate of drug-likeness (QED) is 0.580. The summed E-state index contributed by atoms with van der Waals surface area (Å²) in [4.78, 5) is 41.6. The fourth-order valence-electron chi connectivity index (χ4n) is 4.32. The van der Waals surface area contributed by atoms with E-state index in [2.05, 4.69) is 10.6 Å². The smallest absolute Gasteiger partial charge is 0.332 e. The maximum absolute atomic E-state index is 13.2. The van der Waals surface area contributed by atoms with Crippen molar-refractivity contribution in [2.75, 3.05) is 45.2 Å². The first-order valence-corrected chi connectivity index (χ1v) is 11.0. The van der Waals surface area contributed by atoms with E-state index in [-0.39, 0.29) is 11.9 Å². The van der Waals surface area contributed by atoms with Gasteiger partial charge in [-0.1, -0.05) is 0 Å². The second-order valence-corrected chi connectivity index (χ2v) is 8.16. The lowest BCUT2D eigenvalue weighted by atomic mass is 9.98. The van der Waals surface area contributed by atoms with Crippen LogP contribution < -0.4 is 34.5 Å². The van der Waals surface area contributed by atoms with Crippen LogP contribution in [0.25, 0.3) is 0 Å². The van der Waals surface area contributed by atoms with Crippen molar-refractivity contribution < 1.29 is 33.3 Å². The van der Waals surface area contributed by atoms with Gasteiger partial charge in [0, 0.05) is 54.7 Å². The highest BCUT2D eigenvalue weighted by atomic mass is 16.5. The van der Waals surface area contributed by atoms with Crippen molar-refractivity contribution in [2.24, 2.45) is 0 Å². The van der Waals surface area contributed by atoms with E-state index in [1.165, 1.54) is 33.3 Å². The van der Waals surface area contributed by atoms with Crippen LogP contribution in [0.3, 0.4) is 0 Å². The molecule has 0 bridgehead atoms. The first-order chi connectivity index (χ1) is 16.9. The van der Waals surface area contributed by atoms with Crippen molar-refractivity contribution in [1.82, 2.24) is 10.2 Å². The maximum atomic E-state index is 13.2. The number of fused-ring (bicyclic) bond motifs is 1. The number of ether oxygens (including phenoxy) is 4. The summed E-state index contributed by atoms with van der Waals surface area (Å²) in [5.41, 5.74) is 0.876. The second kappa shape index (κ2) is 10.00. The lowest BCUT2D eigenvalue weighted by Gasteiger charge is -2.32. The van der Waals surface area contributed by atoms with E-state index in [1.54, 1.807) is 36.4 Å². The molecule has 2 heterocycles. The lowest BCUT2D eigenvalue weighted by Crippen LogP contribution is -2.50. The first-order valence-electron chi connectivity index (χ1n) is 11.0.